The molecule has 0 aliphatic carbocycles. The lowest BCUT2D eigenvalue weighted by molar-refractivity contribution is -0.384. The molecule has 0 spiro atoms. The summed E-state index contributed by atoms with van der Waals surface area (Å²) >= 11 is 0. The molecule has 1 aliphatic heterocycles. The molecule has 2 atom stereocenters. The second-order valence-electron chi connectivity index (χ2n) is 5.99. The van der Waals surface area contributed by atoms with E-state index in [4.69, 9.17) is 4.74 Å². The van der Waals surface area contributed by atoms with Crippen LogP contribution in [0.15, 0.2) is 58.4 Å². The van der Waals surface area contributed by atoms with Gasteiger partial charge in [-0.3, -0.25) is 10.1 Å². The molecule has 142 valence electrons. The molecule has 9 nitrogen and oxygen atoms in total. The van der Waals surface area contributed by atoms with Gasteiger partial charge in [0.25, 0.3) is 21.7 Å². The highest BCUT2D eigenvalue weighted by Gasteiger charge is 2.34. The summed E-state index contributed by atoms with van der Waals surface area (Å²) in [5.74, 6) is 0. The molecule has 1 aliphatic rings. The van der Waals surface area contributed by atoms with Gasteiger partial charge in [-0.2, -0.15) is 0 Å². The van der Waals surface area contributed by atoms with Crippen molar-refractivity contribution in [2.75, 3.05) is 6.61 Å². The fourth-order valence-electron chi connectivity index (χ4n) is 2.60. The van der Waals surface area contributed by atoms with E-state index in [0.29, 0.717) is 5.56 Å². The van der Waals surface area contributed by atoms with Crippen LogP contribution in [0.1, 0.15) is 17.2 Å². The number of benzene rings is 2. The molecule has 0 saturated heterocycles. The van der Waals surface area contributed by atoms with Crippen molar-refractivity contribution < 1.29 is 23.2 Å². The summed E-state index contributed by atoms with van der Waals surface area (Å²) in [6, 6.07) is 10.9. The maximum absolute atomic E-state index is 12.4. The van der Waals surface area contributed by atoms with Crippen LogP contribution in [-0.4, -0.2) is 37.1 Å². The number of non-ortho nitro benzene ring substituents is 1. The molecule has 0 fully saturated rings. The van der Waals surface area contributed by atoms with Crippen LogP contribution in [0.3, 0.4) is 0 Å². The molecule has 1 heterocycles. The number of aliphatic hydroxyl groups is 1. The maximum Gasteiger partial charge on any atom is 0.300 e. The number of rotatable bonds is 5. The molecule has 3 rings (SSSR count). The SMILES string of the molecule is Cc1ccc(S(=O)(=O)NC2=N[C@H](CO)[C@H](c3ccc([N+](=O)[O-])cc3)O2)cc1. The first-order chi connectivity index (χ1) is 12.8. The third-order valence-corrected chi connectivity index (χ3v) is 5.38. The molecule has 0 bridgehead atoms. The van der Waals surface area contributed by atoms with Gasteiger partial charge in [-0.1, -0.05) is 17.7 Å². The monoisotopic (exact) mass is 391 g/mol. The normalized spacial score (nSPS) is 19.3. The van der Waals surface area contributed by atoms with Crippen LogP contribution in [0, 0.1) is 17.0 Å². The van der Waals surface area contributed by atoms with Crippen LogP contribution < -0.4 is 4.72 Å². The molecule has 0 aromatic heterocycles. The van der Waals surface area contributed by atoms with Crippen LogP contribution in [0.25, 0.3) is 0 Å². The van der Waals surface area contributed by atoms with Gasteiger partial charge in [0, 0.05) is 12.1 Å². The van der Waals surface area contributed by atoms with Crippen molar-refractivity contribution in [2.45, 2.75) is 24.0 Å². The molecule has 10 heteroatoms. The van der Waals surface area contributed by atoms with Gasteiger partial charge in [-0.25, -0.2) is 18.1 Å². The number of hydrogen-bond donors (Lipinski definition) is 2. The second kappa shape index (κ2) is 7.33. The number of aliphatic imine (C=N–C) groups is 1. The van der Waals surface area contributed by atoms with E-state index >= 15 is 0 Å². The number of amidine groups is 1. The number of nitrogens with one attached hydrogen (secondary N) is 1. The summed E-state index contributed by atoms with van der Waals surface area (Å²) in [6.07, 6.45) is -0.758. The Bertz CT molecular complexity index is 971. The van der Waals surface area contributed by atoms with E-state index in [9.17, 15) is 23.6 Å². The molecule has 2 N–H and O–H groups in total. The summed E-state index contributed by atoms with van der Waals surface area (Å²) in [5.41, 5.74) is 1.37. The third-order valence-electron chi connectivity index (χ3n) is 4.04. The maximum atomic E-state index is 12.4. The van der Waals surface area contributed by atoms with E-state index in [1.807, 2.05) is 6.92 Å². The largest absolute Gasteiger partial charge is 0.454 e. The van der Waals surface area contributed by atoms with Crippen molar-refractivity contribution >= 4 is 21.7 Å². The van der Waals surface area contributed by atoms with E-state index in [1.165, 1.54) is 36.4 Å². The lowest BCUT2D eigenvalue weighted by Crippen LogP contribution is -2.31. The van der Waals surface area contributed by atoms with E-state index in [-0.39, 0.29) is 23.2 Å². The zero-order chi connectivity index (χ0) is 19.6. The van der Waals surface area contributed by atoms with Crippen molar-refractivity contribution in [3.8, 4) is 0 Å². The van der Waals surface area contributed by atoms with Gasteiger partial charge >= 0.3 is 0 Å². The summed E-state index contributed by atoms with van der Waals surface area (Å²) in [4.78, 5) is 14.4. The highest BCUT2D eigenvalue weighted by atomic mass is 32.2. The second-order valence-corrected chi connectivity index (χ2v) is 7.67. The van der Waals surface area contributed by atoms with E-state index in [0.717, 1.165) is 5.56 Å². The van der Waals surface area contributed by atoms with Crippen molar-refractivity contribution in [3.63, 3.8) is 0 Å². The first kappa shape index (κ1) is 18.8. The average molecular weight is 391 g/mol. The minimum atomic E-state index is -3.89. The number of hydrogen-bond acceptors (Lipinski definition) is 7. The Hall–Kier alpha value is -2.98. The molecular formula is C17H17N3O6S. The number of nitro benzene ring substituents is 1. The minimum Gasteiger partial charge on any atom is -0.454 e. The molecule has 0 unspecified atom stereocenters. The smallest absolute Gasteiger partial charge is 0.300 e. The Morgan fingerprint density at radius 2 is 1.81 bits per heavy atom. The zero-order valence-corrected chi connectivity index (χ0v) is 15.1. The van der Waals surface area contributed by atoms with Crippen LogP contribution in [-0.2, 0) is 14.8 Å². The molecule has 2 aromatic rings. The van der Waals surface area contributed by atoms with Gasteiger partial charge < -0.3 is 9.84 Å². The third kappa shape index (κ3) is 4.07. The van der Waals surface area contributed by atoms with Gasteiger partial charge in [0.2, 0.25) is 0 Å². The van der Waals surface area contributed by atoms with Crippen molar-refractivity contribution in [3.05, 3.63) is 69.8 Å². The Kier molecular flexibility index (Phi) is 5.10. The number of aryl methyl sites for hydroxylation is 1. The summed E-state index contributed by atoms with van der Waals surface area (Å²) in [5, 5.41) is 20.3. The first-order valence-electron chi connectivity index (χ1n) is 7.99. The van der Waals surface area contributed by atoms with Crippen molar-refractivity contribution in [1.29, 1.82) is 0 Å². The van der Waals surface area contributed by atoms with E-state index in [1.54, 1.807) is 12.1 Å². The minimum absolute atomic E-state index is 0.0544. The quantitative estimate of drug-likeness (QED) is 0.589. The fraction of sp³-hybridized carbons (Fsp3) is 0.235. The number of ether oxygens (including phenoxy) is 1. The van der Waals surface area contributed by atoms with Gasteiger partial charge in [-0.15, -0.1) is 0 Å². The molecule has 0 amide bonds. The lowest BCUT2D eigenvalue weighted by atomic mass is 10.0. The molecule has 2 aromatic carbocycles. The molecule has 27 heavy (non-hydrogen) atoms. The van der Waals surface area contributed by atoms with Crippen LogP contribution in [0.5, 0.6) is 0 Å². The lowest BCUT2D eigenvalue weighted by Gasteiger charge is -2.16. The van der Waals surface area contributed by atoms with Crippen LogP contribution in [0.4, 0.5) is 5.69 Å². The highest BCUT2D eigenvalue weighted by Crippen LogP contribution is 2.30. The number of nitrogens with zero attached hydrogens (tertiary/aromatic N) is 2. The predicted molar refractivity (Wildman–Crippen MR) is 96.7 cm³/mol. The predicted octanol–water partition coefficient (Wildman–Crippen LogP) is 1.67. The van der Waals surface area contributed by atoms with Crippen molar-refractivity contribution in [2.24, 2.45) is 4.99 Å². The highest BCUT2D eigenvalue weighted by molar-refractivity contribution is 7.90. The molecule has 0 saturated carbocycles. The van der Waals surface area contributed by atoms with Gasteiger partial charge in [-0.05, 0) is 36.8 Å². The van der Waals surface area contributed by atoms with E-state index in [2.05, 4.69) is 9.71 Å². The summed E-state index contributed by atoms with van der Waals surface area (Å²) in [6.45, 7) is 1.46. The zero-order valence-electron chi connectivity index (χ0n) is 14.3. The topological polar surface area (TPSA) is 131 Å². The fourth-order valence-corrected chi connectivity index (χ4v) is 3.54. The van der Waals surface area contributed by atoms with Crippen molar-refractivity contribution in [1.82, 2.24) is 4.72 Å². The molecule has 0 radical (unpaired) electrons. The van der Waals surface area contributed by atoms with Crippen LogP contribution in [0.2, 0.25) is 0 Å². The number of sulfonamides is 1. The number of aliphatic hydroxyl groups excluding tert-OH is 1. The van der Waals surface area contributed by atoms with Crippen LogP contribution >= 0.6 is 0 Å². The summed E-state index contributed by atoms with van der Waals surface area (Å²) < 4.78 is 32.7. The Morgan fingerprint density at radius 3 is 2.37 bits per heavy atom. The molecular weight excluding hydrogens is 374 g/mol. The first-order valence-corrected chi connectivity index (χ1v) is 9.47. The average Bonchev–Trinajstić information content (AvgIpc) is 3.04. The number of nitro groups is 1. The van der Waals surface area contributed by atoms with Gasteiger partial charge in [0.05, 0.1) is 16.4 Å². The summed E-state index contributed by atoms with van der Waals surface area (Å²) in [7, 11) is -3.89. The van der Waals surface area contributed by atoms with Gasteiger partial charge in [0.1, 0.15) is 6.04 Å². The van der Waals surface area contributed by atoms with E-state index < -0.39 is 27.1 Å². The van der Waals surface area contributed by atoms with Gasteiger partial charge in [0.15, 0.2) is 6.10 Å². The standard InChI is InChI=1S/C17H17N3O6S/c1-11-2-8-14(9-3-11)27(24,25)19-17-18-15(10-21)16(26-17)12-4-6-13(7-5-12)20(22)23/h2-9,15-16,21H,10H2,1H3,(H,18,19)/t15-,16+/m1/s1. The Labute approximate surface area is 155 Å². The Balaban J connectivity index is 1.78. The Morgan fingerprint density at radius 1 is 1.19 bits per heavy atom.